The van der Waals surface area contributed by atoms with Gasteiger partial charge in [-0.05, 0) is 43.2 Å². The molecule has 1 aliphatic rings. The lowest BCUT2D eigenvalue weighted by molar-refractivity contribution is -0.131. The van der Waals surface area contributed by atoms with E-state index in [-0.39, 0.29) is 12.1 Å². The summed E-state index contributed by atoms with van der Waals surface area (Å²) in [5.74, 6) is -0.923. The molecular formula is C20H17FN4O3. The topological polar surface area (TPSA) is 83.8 Å². The predicted octanol–water partition coefficient (Wildman–Crippen LogP) is 2.11. The van der Waals surface area contributed by atoms with Crippen molar-refractivity contribution in [2.45, 2.75) is 25.9 Å². The number of halogens is 1. The number of urea groups is 1. The molecule has 0 radical (unpaired) electrons. The number of carbonyl (C=O) groups is 2. The van der Waals surface area contributed by atoms with Gasteiger partial charge in [-0.1, -0.05) is 18.2 Å². The Bertz CT molecular complexity index is 1170. The number of benzene rings is 1. The van der Waals surface area contributed by atoms with Crippen LogP contribution in [0.1, 0.15) is 23.7 Å². The quantitative estimate of drug-likeness (QED) is 0.706. The van der Waals surface area contributed by atoms with Gasteiger partial charge in [-0.15, -0.1) is 0 Å². The van der Waals surface area contributed by atoms with E-state index >= 15 is 0 Å². The summed E-state index contributed by atoms with van der Waals surface area (Å²) in [5.41, 5.74) is 0.445. The Morgan fingerprint density at radius 2 is 1.86 bits per heavy atom. The Morgan fingerprint density at radius 3 is 2.57 bits per heavy atom. The van der Waals surface area contributed by atoms with E-state index in [4.69, 9.17) is 0 Å². The van der Waals surface area contributed by atoms with E-state index in [9.17, 15) is 18.8 Å². The summed E-state index contributed by atoms with van der Waals surface area (Å²) in [6.07, 6.45) is 1.61. The minimum atomic E-state index is -1.31. The smallest absolute Gasteiger partial charge is 0.319 e. The van der Waals surface area contributed by atoms with Crippen molar-refractivity contribution in [3.8, 4) is 0 Å². The second-order valence-electron chi connectivity index (χ2n) is 6.92. The molecule has 1 saturated heterocycles. The number of carbonyl (C=O) groups excluding carboxylic acids is 2. The first-order chi connectivity index (χ1) is 13.3. The van der Waals surface area contributed by atoms with E-state index in [1.807, 2.05) is 13.0 Å². The third kappa shape index (κ3) is 2.74. The molecule has 0 saturated carbocycles. The first-order valence-electron chi connectivity index (χ1n) is 8.68. The van der Waals surface area contributed by atoms with Crippen molar-refractivity contribution in [3.05, 3.63) is 81.7 Å². The zero-order valence-corrected chi connectivity index (χ0v) is 15.3. The molecule has 2 aromatic heterocycles. The molecule has 1 aliphatic heterocycles. The Labute approximate surface area is 159 Å². The van der Waals surface area contributed by atoms with Gasteiger partial charge in [-0.2, -0.15) is 0 Å². The van der Waals surface area contributed by atoms with E-state index in [1.165, 1.54) is 34.7 Å². The molecule has 4 rings (SSSR count). The van der Waals surface area contributed by atoms with Crippen LogP contribution in [-0.4, -0.2) is 26.2 Å². The van der Waals surface area contributed by atoms with Crippen LogP contribution in [0.15, 0.2) is 53.5 Å². The molecule has 1 atom stereocenters. The largest absolute Gasteiger partial charge is 0.325 e. The number of hydrogen-bond acceptors (Lipinski definition) is 4. The highest BCUT2D eigenvalue weighted by atomic mass is 19.1. The fourth-order valence-electron chi connectivity index (χ4n) is 3.37. The number of imide groups is 1. The first kappa shape index (κ1) is 17.8. The summed E-state index contributed by atoms with van der Waals surface area (Å²) in [5, 5.41) is 2.65. The van der Waals surface area contributed by atoms with Crippen molar-refractivity contribution in [2.75, 3.05) is 0 Å². The molecule has 0 spiro atoms. The van der Waals surface area contributed by atoms with Crippen molar-refractivity contribution < 1.29 is 14.0 Å². The number of rotatable bonds is 3. The zero-order valence-electron chi connectivity index (χ0n) is 15.3. The maximum atomic E-state index is 13.2. The van der Waals surface area contributed by atoms with Crippen LogP contribution in [0.3, 0.4) is 0 Å². The van der Waals surface area contributed by atoms with Crippen molar-refractivity contribution in [2.24, 2.45) is 0 Å². The highest BCUT2D eigenvalue weighted by Crippen LogP contribution is 2.29. The molecule has 1 N–H and O–H groups in total. The predicted molar refractivity (Wildman–Crippen MR) is 99.0 cm³/mol. The van der Waals surface area contributed by atoms with Gasteiger partial charge in [0.05, 0.1) is 12.2 Å². The fraction of sp³-hybridized carbons (Fsp3) is 0.200. The van der Waals surface area contributed by atoms with E-state index < -0.39 is 23.3 Å². The molecule has 3 heterocycles. The standard InChI is InChI=1S/C20H17FN4O3/c1-12-4-3-9-24-16(26)10-15(22-17(12)24)11-25-18(27)20(2,23-19(25)28)13-5-7-14(21)8-6-13/h3-10H,11H2,1-2H3,(H,23,28)/t20-/m0/s1. The van der Waals surface area contributed by atoms with Crippen LogP contribution >= 0.6 is 0 Å². The molecule has 8 heteroatoms. The van der Waals surface area contributed by atoms with Gasteiger partial charge in [0, 0.05) is 12.3 Å². The molecular weight excluding hydrogens is 363 g/mol. The Kier molecular flexibility index (Phi) is 3.99. The zero-order chi connectivity index (χ0) is 20.1. The van der Waals surface area contributed by atoms with Crippen LogP contribution < -0.4 is 10.9 Å². The number of nitrogens with zero attached hydrogens (tertiary/aromatic N) is 3. The number of aromatic nitrogens is 2. The molecule has 1 aromatic carbocycles. The third-order valence-electron chi connectivity index (χ3n) is 4.96. The van der Waals surface area contributed by atoms with Gasteiger partial charge in [0.2, 0.25) is 0 Å². The van der Waals surface area contributed by atoms with Crippen LogP contribution in [0.2, 0.25) is 0 Å². The maximum absolute atomic E-state index is 13.2. The third-order valence-corrected chi connectivity index (χ3v) is 4.96. The molecule has 28 heavy (non-hydrogen) atoms. The number of pyridine rings is 1. The highest BCUT2D eigenvalue weighted by molar-refractivity contribution is 6.07. The highest BCUT2D eigenvalue weighted by Gasteiger charge is 2.49. The molecule has 0 unspecified atom stereocenters. The normalized spacial score (nSPS) is 19.3. The summed E-state index contributed by atoms with van der Waals surface area (Å²) in [4.78, 5) is 43.3. The number of fused-ring (bicyclic) bond motifs is 1. The lowest BCUT2D eigenvalue weighted by atomic mass is 9.92. The summed E-state index contributed by atoms with van der Waals surface area (Å²) >= 11 is 0. The van der Waals surface area contributed by atoms with E-state index in [1.54, 1.807) is 19.2 Å². The summed E-state index contributed by atoms with van der Waals surface area (Å²) < 4.78 is 14.6. The van der Waals surface area contributed by atoms with Gasteiger partial charge in [0.1, 0.15) is 17.0 Å². The minimum absolute atomic E-state index is 0.137. The van der Waals surface area contributed by atoms with Crippen LogP contribution in [0.5, 0.6) is 0 Å². The number of aryl methyl sites for hydroxylation is 1. The van der Waals surface area contributed by atoms with Crippen molar-refractivity contribution in [1.82, 2.24) is 19.6 Å². The summed E-state index contributed by atoms with van der Waals surface area (Å²) in [7, 11) is 0. The van der Waals surface area contributed by atoms with Crippen molar-refractivity contribution >= 4 is 17.6 Å². The number of nitrogens with one attached hydrogen (secondary N) is 1. The van der Waals surface area contributed by atoms with Crippen molar-refractivity contribution in [1.29, 1.82) is 0 Å². The lowest BCUT2D eigenvalue weighted by Crippen LogP contribution is -2.40. The molecule has 0 aliphatic carbocycles. The summed E-state index contributed by atoms with van der Waals surface area (Å²) in [6.45, 7) is 3.25. The minimum Gasteiger partial charge on any atom is -0.319 e. The van der Waals surface area contributed by atoms with Crippen LogP contribution in [0.4, 0.5) is 9.18 Å². The van der Waals surface area contributed by atoms with E-state index in [0.29, 0.717) is 16.9 Å². The van der Waals surface area contributed by atoms with Gasteiger partial charge in [-0.25, -0.2) is 14.2 Å². The second-order valence-corrected chi connectivity index (χ2v) is 6.92. The summed E-state index contributed by atoms with van der Waals surface area (Å²) in [6, 6.07) is 9.67. The Morgan fingerprint density at radius 1 is 1.14 bits per heavy atom. The lowest BCUT2D eigenvalue weighted by Gasteiger charge is -2.22. The molecule has 3 amide bonds. The monoisotopic (exact) mass is 380 g/mol. The average molecular weight is 380 g/mol. The molecule has 0 bridgehead atoms. The van der Waals surface area contributed by atoms with Gasteiger partial charge in [0.25, 0.3) is 11.5 Å². The van der Waals surface area contributed by atoms with Gasteiger partial charge >= 0.3 is 6.03 Å². The second kappa shape index (κ2) is 6.26. The SMILES string of the molecule is Cc1cccn2c(=O)cc(CN3C(=O)N[C@@](C)(c4ccc(F)cc4)C3=O)nc12. The molecule has 3 aromatic rings. The number of amides is 3. The van der Waals surface area contributed by atoms with Crippen LogP contribution in [0.25, 0.3) is 5.65 Å². The average Bonchev–Trinajstić information content (AvgIpc) is 2.87. The fourth-order valence-corrected chi connectivity index (χ4v) is 3.37. The first-order valence-corrected chi connectivity index (χ1v) is 8.68. The molecule has 7 nitrogen and oxygen atoms in total. The molecule has 1 fully saturated rings. The number of hydrogen-bond donors (Lipinski definition) is 1. The maximum Gasteiger partial charge on any atom is 0.325 e. The van der Waals surface area contributed by atoms with Gasteiger partial charge in [-0.3, -0.25) is 18.9 Å². The van der Waals surface area contributed by atoms with Crippen LogP contribution in [0, 0.1) is 12.7 Å². The molecule has 142 valence electrons. The van der Waals surface area contributed by atoms with E-state index in [0.717, 1.165) is 10.5 Å². The van der Waals surface area contributed by atoms with Crippen molar-refractivity contribution in [3.63, 3.8) is 0 Å². The van der Waals surface area contributed by atoms with Gasteiger partial charge < -0.3 is 5.32 Å². The van der Waals surface area contributed by atoms with E-state index in [2.05, 4.69) is 10.3 Å². The van der Waals surface area contributed by atoms with Gasteiger partial charge in [0.15, 0.2) is 0 Å². The Hall–Kier alpha value is -3.55. The Balaban J connectivity index is 1.69. The van der Waals surface area contributed by atoms with Crippen LogP contribution in [-0.2, 0) is 16.9 Å².